The summed E-state index contributed by atoms with van der Waals surface area (Å²) < 4.78 is 0. The van der Waals surface area contributed by atoms with Gasteiger partial charge < -0.3 is 10.6 Å². The van der Waals surface area contributed by atoms with Gasteiger partial charge in [-0.05, 0) is 25.2 Å². The molecule has 1 aliphatic carbocycles. The van der Waals surface area contributed by atoms with Crippen LogP contribution in [0.4, 0.5) is 0 Å². The lowest BCUT2D eigenvalue weighted by molar-refractivity contribution is -0.128. The zero-order valence-corrected chi connectivity index (χ0v) is 12.8. The summed E-state index contributed by atoms with van der Waals surface area (Å²) in [6.07, 6.45) is 7.93. The Bertz CT molecular complexity index is 492. The van der Waals surface area contributed by atoms with Gasteiger partial charge in [0.1, 0.15) is 5.69 Å². The summed E-state index contributed by atoms with van der Waals surface area (Å²) in [5, 5.41) is 14.9. The van der Waals surface area contributed by atoms with Crippen molar-refractivity contribution < 1.29 is 4.79 Å². The molecule has 2 aliphatic rings. The van der Waals surface area contributed by atoms with Crippen molar-refractivity contribution in [1.29, 1.82) is 0 Å². The van der Waals surface area contributed by atoms with Crippen LogP contribution in [0.2, 0.25) is 0 Å². The molecular formula is C15H25N5O. The van der Waals surface area contributed by atoms with Gasteiger partial charge in [-0.2, -0.15) is 15.0 Å². The number of hydrogen-bond donors (Lipinski definition) is 2. The number of aromatic nitrogens is 3. The van der Waals surface area contributed by atoms with E-state index in [-0.39, 0.29) is 17.2 Å². The molecule has 6 nitrogen and oxygen atoms in total. The van der Waals surface area contributed by atoms with Gasteiger partial charge >= 0.3 is 0 Å². The first kappa shape index (κ1) is 14.5. The van der Waals surface area contributed by atoms with Crippen LogP contribution in [0, 0.1) is 11.3 Å². The molecule has 1 aromatic rings. The third kappa shape index (κ3) is 2.95. The van der Waals surface area contributed by atoms with Crippen LogP contribution < -0.4 is 10.6 Å². The van der Waals surface area contributed by atoms with Crippen molar-refractivity contribution >= 4 is 5.91 Å². The van der Waals surface area contributed by atoms with E-state index in [0.29, 0.717) is 6.54 Å². The summed E-state index contributed by atoms with van der Waals surface area (Å²) in [5.74, 6) is 0.284. The zero-order valence-electron chi connectivity index (χ0n) is 12.8. The normalized spacial score (nSPS) is 24.3. The third-order valence-corrected chi connectivity index (χ3v) is 5.04. The van der Waals surface area contributed by atoms with Crippen molar-refractivity contribution in [3.8, 4) is 0 Å². The van der Waals surface area contributed by atoms with Crippen LogP contribution in [-0.2, 0) is 17.9 Å². The molecule has 1 saturated heterocycles. The Hall–Kier alpha value is -1.43. The van der Waals surface area contributed by atoms with Gasteiger partial charge in [0, 0.05) is 13.1 Å². The van der Waals surface area contributed by atoms with Gasteiger partial charge in [-0.1, -0.05) is 19.3 Å². The second-order valence-corrected chi connectivity index (χ2v) is 6.35. The standard InChI is InChI=1S/C15H25N5O/c1-2-20-18-9-12(19-20)8-17-14(21)13-10-16-11-15(13)6-4-3-5-7-15/h9,13,16H,2-8,10-11H2,1H3,(H,17,21). The summed E-state index contributed by atoms with van der Waals surface area (Å²) in [6.45, 7) is 5.04. The van der Waals surface area contributed by atoms with Crippen molar-refractivity contribution in [2.45, 2.75) is 52.1 Å². The topological polar surface area (TPSA) is 71.8 Å². The molecule has 0 bridgehead atoms. The predicted molar refractivity (Wildman–Crippen MR) is 79.4 cm³/mol. The predicted octanol–water partition coefficient (Wildman–Crippen LogP) is 1.08. The highest BCUT2D eigenvalue weighted by molar-refractivity contribution is 5.80. The van der Waals surface area contributed by atoms with E-state index in [2.05, 4.69) is 20.8 Å². The van der Waals surface area contributed by atoms with Crippen molar-refractivity contribution in [3.63, 3.8) is 0 Å². The molecular weight excluding hydrogens is 266 g/mol. The van der Waals surface area contributed by atoms with Crippen LogP contribution >= 0.6 is 0 Å². The number of carbonyl (C=O) groups is 1. The fourth-order valence-corrected chi connectivity index (χ4v) is 3.82. The summed E-state index contributed by atoms with van der Waals surface area (Å²) in [7, 11) is 0. The molecule has 1 aliphatic heterocycles. The van der Waals surface area contributed by atoms with Crippen LogP contribution in [0.5, 0.6) is 0 Å². The van der Waals surface area contributed by atoms with Gasteiger partial charge in [-0.25, -0.2) is 0 Å². The van der Waals surface area contributed by atoms with Crippen LogP contribution in [0.1, 0.15) is 44.7 Å². The summed E-state index contributed by atoms with van der Waals surface area (Å²) in [4.78, 5) is 14.2. The second-order valence-electron chi connectivity index (χ2n) is 6.35. The Morgan fingerprint density at radius 1 is 1.48 bits per heavy atom. The first-order valence-corrected chi connectivity index (χ1v) is 8.11. The van der Waals surface area contributed by atoms with Gasteiger partial charge in [0.05, 0.1) is 25.2 Å². The Kier molecular flexibility index (Phi) is 4.24. The Balaban J connectivity index is 1.59. The number of amides is 1. The van der Waals surface area contributed by atoms with Crippen molar-refractivity contribution in [2.75, 3.05) is 13.1 Å². The van der Waals surface area contributed by atoms with E-state index < -0.39 is 0 Å². The highest BCUT2D eigenvalue weighted by atomic mass is 16.2. The van der Waals surface area contributed by atoms with Crippen LogP contribution in [0.15, 0.2) is 6.20 Å². The van der Waals surface area contributed by atoms with Gasteiger partial charge in [-0.3, -0.25) is 4.79 Å². The van der Waals surface area contributed by atoms with Gasteiger partial charge in [0.25, 0.3) is 0 Å². The van der Waals surface area contributed by atoms with E-state index in [1.165, 1.54) is 32.1 Å². The van der Waals surface area contributed by atoms with E-state index >= 15 is 0 Å². The minimum atomic E-state index is 0.110. The van der Waals surface area contributed by atoms with Crippen molar-refractivity contribution in [1.82, 2.24) is 25.6 Å². The monoisotopic (exact) mass is 291 g/mol. The Morgan fingerprint density at radius 2 is 2.29 bits per heavy atom. The molecule has 2 fully saturated rings. The molecule has 6 heteroatoms. The lowest BCUT2D eigenvalue weighted by Crippen LogP contribution is -2.42. The third-order valence-electron chi connectivity index (χ3n) is 5.04. The molecule has 3 rings (SSSR count). The average Bonchev–Trinajstić information content (AvgIpc) is 3.13. The molecule has 1 saturated carbocycles. The van der Waals surface area contributed by atoms with E-state index in [4.69, 9.17) is 0 Å². The summed E-state index contributed by atoms with van der Waals surface area (Å²) in [5.41, 5.74) is 1.03. The molecule has 2 heterocycles. The van der Waals surface area contributed by atoms with Crippen LogP contribution in [-0.4, -0.2) is 34.0 Å². The van der Waals surface area contributed by atoms with E-state index in [0.717, 1.165) is 25.3 Å². The SMILES string of the molecule is CCn1ncc(CNC(=O)C2CNCC23CCCCC3)n1. The maximum Gasteiger partial charge on any atom is 0.225 e. The second kappa shape index (κ2) is 6.13. The number of aryl methyl sites for hydroxylation is 1. The van der Waals surface area contributed by atoms with Crippen molar-refractivity contribution in [2.24, 2.45) is 11.3 Å². The van der Waals surface area contributed by atoms with Gasteiger partial charge in [0.2, 0.25) is 5.91 Å². The lowest BCUT2D eigenvalue weighted by atomic mass is 9.67. The molecule has 1 amide bonds. The summed E-state index contributed by atoms with van der Waals surface area (Å²) in [6, 6.07) is 0. The minimum Gasteiger partial charge on any atom is -0.350 e. The molecule has 21 heavy (non-hydrogen) atoms. The van der Waals surface area contributed by atoms with E-state index in [9.17, 15) is 4.79 Å². The number of carbonyl (C=O) groups excluding carboxylic acids is 1. The molecule has 0 aromatic carbocycles. The van der Waals surface area contributed by atoms with Crippen molar-refractivity contribution in [3.05, 3.63) is 11.9 Å². The number of nitrogens with zero attached hydrogens (tertiary/aromatic N) is 3. The van der Waals surface area contributed by atoms with E-state index in [1.807, 2.05) is 6.92 Å². The lowest BCUT2D eigenvalue weighted by Gasteiger charge is -2.37. The first-order chi connectivity index (χ1) is 10.2. The molecule has 0 radical (unpaired) electrons. The maximum atomic E-state index is 12.6. The molecule has 1 aromatic heterocycles. The van der Waals surface area contributed by atoms with Gasteiger partial charge in [-0.15, -0.1) is 0 Å². The highest BCUT2D eigenvalue weighted by Crippen LogP contribution is 2.44. The number of nitrogens with one attached hydrogen (secondary N) is 2. The first-order valence-electron chi connectivity index (χ1n) is 8.11. The Morgan fingerprint density at radius 3 is 3.00 bits per heavy atom. The molecule has 2 N–H and O–H groups in total. The molecule has 1 atom stereocenters. The Labute approximate surface area is 125 Å². The molecule has 116 valence electrons. The highest BCUT2D eigenvalue weighted by Gasteiger charge is 2.46. The smallest absolute Gasteiger partial charge is 0.225 e. The van der Waals surface area contributed by atoms with Crippen LogP contribution in [0.3, 0.4) is 0 Å². The molecule has 1 unspecified atom stereocenters. The van der Waals surface area contributed by atoms with Crippen LogP contribution in [0.25, 0.3) is 0 Å². The quantitative estimate of drug-likeness (QED) is 0.871. The van der Waals surface area contributed by atoms with Gasteiger partial charge in [0.15, 0.2) is 0 Å². The molecule has 1 spiro atoms. The minimum absolute atomic E-state index is 0.110. The zero-order chi connectivity index (χ0) is 14.7. The number of rotatable bonds is 4. The number of hydrogen-bond acceptors (Lipinski definition) is 4. The summed E-state index contributed by atoms with van der Waals surface area (Å²) >= 11 is 0. The fourth-order valence-electron chi connectivity index (χ4n) is 3.82. The fraction of sp³-hybridized carbons (Fsp3) is 0.800. The average molecular weight is 291 g/mol. The largest absolute Gasteiger partial charge is 0.350 e. The van der Waals surface area contributed by atoms with E-state index in [1.54, 1.807) is 11.0 Å². The maximum absolute atomic E-state index is 12.6.